The summed E-state index contributed by atoms with van der Waals surface area (Å²) in [6.45, 7) is 0.258. The maximum absolute atomic E-state index is 13.1. The van der Waals surface area contributed by atoms with Crippen LogP contribution in [0.15, 0.2) is 53.9 Å². The molecule has 1 aromatic heterocycles. The van der Waals surface area contributed by atoms with E-state index in [4.69, 9.17) is 0 Å². The first-order chi connectivity index (χ1) is 13.3. The number of hydrogen-bond acceptors (Lipinski definition) is 3. The SMILES string of the molecule is CN(C)[C@H](CNC(=O)Nc1ccccc1C(F)(F)F)c1csc2ccccc12. The summed E-state index contributed by atoms with van der Waals surface area (Å²) in [7, 11) is 3.80. The van der Waals surface area contributed by atoms with Crippen LogP contribution in [0.25, 0.3) is 10.1 Å². The van der Waals surface area contributed by atoms with Crippen LogP contribution < -0.4 is 10.6 Å². The van der Waals surface area contributed by atoms with E-state index < -0.39 is 17.8 Å². The summed E-state index contributed by atoms with van der Waals surface area (Å²) < 4.78 is 40.4. The standard InChI is InChI=1S/C20H20F3N3OS/c1-26(2)17(14-12-28-18-10-6-3-7-13(14)18)11-24-19(27)25-16-9-5-4-8-15(16)20(21,22)23/h3-10,12,17H,11H2,1-2H3,(H2,24,25,27)/t17-/m1/s1. The van der Waals surface area contributed by atoms with Crippen LogP contribution >= 0.6 is 11.3 Å². The van der Waals surface area contributed by atoms with Crippen LogP contribution in [-0.4, -0.2) is 31.6 Å². The molecule has 0 aliphatic carbocycles. The van der Waals surface area contributed by atoms with E-state index in [9.17, 15) is 18.0 Å². The molecule has 0 aliphatic heterocycles. The number of nitrogens with zero attached hydrogens (tertiary/aromatic N) is 1. The third-order valence-corrected chi connectivity index (χ3v) is 5.41. The number of para-hydroxylation sites is 1. The second-order valence-electron chi connectivity index (χ2n) is 6.54. The highest BCUT2D eigenvalue weighted by Crippen LogP contribution is 2.35. The number of fused-ring (bicyclic) bond motifs is 1. The predicted molar refractivity (Wildman–Crippen MR) is 107 cm³/mol. The van der Waals surface area contributed by atoms with Crippen LogP contribution in [0.3, 0.4) is 0 Å². The van der Waals surface area contributed by atoms with Gasteiger partial charge in [0.15, 0.2) is 0 Å². The van der Waals surface area contributed by atoms with Gasteiger partial charge in [-0.25, -0.2) is 4.79 Å². The van der Waals surface area contributed by atoms with Crippen LogP contribution in [-0.2, 0) is 6.18 Å². The lowest BCUT2D eigenvalue weighted by Gasteiger charge is -2.25. The number of thiophene rings is 1. The zero-order valence-corrected chi connectivity index (χ0v) is 16.2. The van der Waals surface area contributed by atoms with Gasteiger partial charge in [0.2, 0.25) is 0 Å². The molecule has 0 fully saturated rings. The zero-order chi connectivity index (χ0) is 20.3. The van der Waals surface area contributed by atoms with E-state index >= 15 is 0 Å². The first-order valence-corrected chi connectivity index (χ1v) is 9.49. The number of carbonyl (C=O) groups excluding carboxylic acids is 1. The third kappa shape index (κ3) is 4.45. The Morgan fingerprint density at radius 2 is 1.79 bits per heavy atom. The molecule has 3 aromatic rings. The summed E-state index contributed by atoms with van der Waals surface area (Å²) in [5, 5.41) is 8.15. The average molecular weight is 407 g/mol. The smallest absolute Gasteiger partial charge is 0.336 e. The minimum absolute atomic E-state index is 0.111. The monoisotopic (exact) mass is 407 g/mol. The van der Waals surface area contributed by atoms with Gasteiger partial charge in [0, 0.05) is 11.2 Å². The lowest BCUT2D eigenvalue weighted by molar-refractivity contribution is -0.136. The Morgan fingerprint density at radius 1 is 1.11 bits per heavy atom. The Bertz CT molecular complexity index is 968. The van der Waals surface area contributed by atoms with Crippen LogP contribution in [0.1, 0.15) is 17.2 Å². The highest BCUT2D eigenvalue weighted by atomic mass is 32.1. The first kappa shape index (κ1) is 20.2. The molecule has 0 bridgehead atoms. The van der Waals surface area contributed by atoms with Crippen LogP contribution in [0, 0.1) is 0 Å². The largest absolute Gasteiger partial charge is 0.418 e. The molecule has 0 unspecified atom stereocenters. The number of benzene rings is 2. The van der Waals surface area contributed by atoms with Gasteiger partial charge in [-0.2, -0.15) is 13.2 Å². The minimum Gasteiger partial charge on any atom is -0.336 e. The number of likely N-dealkylation sites (N-methyl/N-ethyl adjacent to an activating group) is 1. The van der Waals surface area contributed by atoms with Gasteiger partial charge in [-0.3, -0.25) is 0 Å². The Kier molecular flexibility index (Phi) is 5.90. The van der Waals surface area contributed by atoms with Crippen molar-refractivity contribution in [1.82, 2.24) is 10.2 Å². The maximum Gasteiger partial charge on any atom is 0.418 e. The molecule has 0 saturated carbocycles. The topological polar surface area (TPSA) is 44.4 Å². The number of amides is 2. The van der Waals surface area contributed by atoms with Gasteiger partial charge >= 0.3 is 12.2 Å². The maximum atomic E-state index is 13.1. The molecule has 0 radical (unpaired) electrons. The van der Waals surface area contributed by atoms with Crippen molar-refractivity contribution in [3.63, 3.8) is 0 Å². The fraction of sp³-hybridized carbons (Fsp3) is 0.250. The Hall–Kier alpha value is -2.58. The van der Waals surface area contributed by atoms with E-state index in [1.54, 1.807) is 11.3 Å². The zero-order valence-electron chi connectivity index (χ0n) is 15.4. The van der Waals surface area contributed by atoms with Crippen molar-refractivity contribution in [1.29, 1.82) is 0 Å². The summed E-state index contributed by atoms with van der Waals surface area (Å²) in [4.78, 5) is 14.2. The van der Waals surface area contributed by atoms with Crippen molar-refractivity contribution in [2.75, 3.05) is 26.0 Å². The first-order valence-electron chi connectivity index (χ1n) is 8.61. The number of alkyl halides is 3. The fourth-order valence-electron chi connectivity index (χ4n) is 3.02. The van der Waals surface area contributed by atoms with E-state index in [0.29, 0.717) is 0 Å². The van der Waals surface area contributed by atoms with Crippen molar-refractivity contribution in [3.8, 4) is 0 Å². The van der Waals surface area contributed by atoms with E-state index in [1.807, 2.05) is 48.6 Å². The molecule has 3 rings (SSSR count). The van der Waals surface area contributed by atoms with Gasteiger partial charge in [-0.05, 0) is 48.6 Å². The number of urea groups is 1. The second-order valence-corrected chi connectivity index (χ2v) is 7.46. The number of nitrogens with one attached hydrogen (secondary N) is 2. The van der Waals surface area contributed by atoms with Gasteiger partial charge in [-0.1, -0.05) is 30.3 Å². The molecule has 8 heteroatoms. The summed E-state index contributed by atoms with van der Waals surface area (Å²) in [5.41, 5.74) is -0.0744. The molecular formula is C20H20F3N3OS. The van der Waals surface area contributed by atoms with Gasteiger partial charge in [0.25, 0.3) is 0 Å². The number of anilines is 1. The number of halogens is 3. The van der Waals surface area contributed by atoms with Crippen molar-refractivity contribution in [3.05, 3.63) is 65.0 Å². The molecule has 2 N–H and O–H groups in total. The van der Waals surface area contributed by atoms with E-state index in [1.165, 1.54) is 18.2 Å². The van der Waals surface area contributed by atoms with Crippen molar-refractivity contribution in [2.24, 2.45) is 0 Å². The van der Waals surface area contributed by atoms with Crippen molar-refractivity contribution in [2.45, 2.75) is 12.2 Å². The second kappa shape index (κ2) is 8.20. The Labute approximate surface area is 165 Å². The molecule has 0 aliphatic rings. The fourth-order valence-corrected chi connectivity index (χ4v) is 4.03. The number of carbonyl (C=O) groups is 1. The molecular weight excluding hydrogens is 387 g/mol. The highest BCUT2D eigenvalue weighted by Gasteiger charge is 2.33. The highest BCUT2D eigenvalue weighted by molar-refractivity contribution is 7.17. The number of rotatable bonds is 5. The molecule has 0 spiro atoms. The van der Waals surface area contributed by atoms with Gasteiger partial charge < -0.3 is 15.5 Å². The molecule has 0 saturated heterocycles. The van der Waals surface area contributed by atoms with Gasteiger partial charge in [-0.15, -0.1) is 11.3 Å². The minimum atomic E-state index is -4.54. The quantitative estimate of drug-likeness (QED) is 0.599. The summed E-state index contributed by atoms with van der Waals surface area (Å²) in [6, 6.07) is 12.1. The average Bonchev–Trinajstić information content (AvgIpc) is 3.05. The molecule has 1 heterocycles. The molecule has 4 nitrogen and oxygen atoms in total. The lowest BCUT2D eigenvalue weighted by atomic mass is 10.0. The molecule has 2 aromatic carbocycles. The molecule has 2 amide bonds. The third-order valence-electron chi connectivity index (χ3n) is 4.43. The van der Waals surface area contributed by atoms with Crippen molar-refractivity contribution < 1.29 is 18.0 Å². The normalized spacial score (nSPS) is 12.9. The van der Waals surface area contributed by atoms with E-state index in [0.717, 1.165) is 21.7 Å². The molecule has 28 heavy (non-hydrogen) atoms. The lowest BCUT2D eigenvalue weighted by Crippen LogP contribution is -2.37. The van der Waals surface area contributed by atoms with Gasteiger partial charge in [0.1, 0.15) is 0 Å². The van der Waals surface area contributed by atoms with Crippen LogP contribution in [0.4, 0.5) is 23.7 Å². The number of hydrogen-bond donors (Lipinski definition) is 2. The van der Waals surface area contributed by atoms with Crippen LogP contribution in [0.5, 0.6) is 0 Å². The molecule has 148 valence electrons. The van der Waals surface area contributed by atoms with Crippen molar-refractivity contribution >= 4 is 33.1 Å². The summed E-state index contributed by atoms with van der Waals surface area (Å²) >= 11 is 1.62. The predicted octanol–water partition coefficient (Wildman–Crippen LogP) is 5.34. The Balaban J connectivity index is 1.72. The van der Waals surface area contributed by atoms with E-state index in [-0.39, 0.29) is 18.3 Å². The molecule has 1 atom stereocenters. The van der Waals surface area contributed by atoms with E-state index in [2.05, 4.69) is 10.6 Å². The summed E-state index contributed by atoms with van der Waals surface area (Å²) in [5.74, 6) is 0. The van der Waals surface area contributed by atoms with Gasteiger partial charge in [0.05, 0.1) is 17.3 Å². The Morgan fingerprint density at radius 3 is 2.50 bits per heavy atom. The van der Waals surface area contributed by atoms with Crippen LogP contribution in [0.2, 0.25) is 0 Å². The summed E-state index contributed by atoms with van der Waals surface area (Å²) in [6.07, 6.45) is -4.54.